The highest BCUT2D eigenvalue weighted by Gasteiger charge is 2.43. The lowest BCUT2D eigenvalue weighted by Crippen LogP contribution is -2.52. The van der Waals surface area contributed by atoms with Crippen molar-refractivity contribution in [2.45, 2.75) is 44.0 Å². The molecule has 2 N–H and O–H groups in total. The van der Waals surface area contributed by atoms with Gasteiger partial charge in [-0.1, -0.05) is 19.3 Å². The summed E-state index contributed by atoms with van der Waals surface area (Å²) in [5, 5.41) is 13.0. The highest BCUT2D eigenvalue weighted by Crippen LogP contribution is 2.34. The predicted octanol–water partition coefficient (Wildman–Crippen LogP) is 0.500. The third kappa shape index (κ3) is 1.16. The van der Waals surface area contributed by atoms with Crippen LogP contribution < -0.4 is 5.32 Å². The molecule has 2 fully saturated rings. The van der Waals surface area contributed by atoms with Gasteiger partial charge in [-0.2, -0.15) is 0 Å². The lowest BCUT2D eigenvalue weighted by molar-refractivity contribution is -0.0133. The van der Waals surface area contributed by atoms with Gasteiger partial charge in [0.2, 0.25) is 0 Å². The van der Waals surface area contributed by atoms with Crippen molar-refractivity contribution in [3.05, 3.63) is 0 Å². The van der Waals surface area contributed by atoms with E-state index in [9.17, 15) is 5.11 Å². The largest absolute Gasteiger partial charge is 0.377 e. The monoisotopic (exact) mass is 170 g/mol. The van der Waals surface area contributed by atoms with Crippen LogP contribution in [0.1, 0.15) is 32.1 Å². The summed E-state index contributed by atoms with van der Waals surface area (Å²) < 4.78 is 0. The predicted molar refractivity (Wildman–Crippen MR) is 47.6 cm³/mol. The lowest BCUT2D eigenvalue weighted by atomic mass is 9.89. The van der Waals surface area contributed by atoms with E-state index < -0.39 is 0 Å². The van der Waals surface area contributed by atoms with Gasteiger partial charge < -0.3 is 5.11 Å². The van der Waals surface area contributed by atoms with Crippen molar-refractivity contribution in [1.82, 2.24) is 10.2 Å². The highest BCUT2D eigenvalue weighted by atomic mass is 16.3. The van der Waals surface area contributed by atoms with E-state index in [4.69, 9.17) is 0 Å². The molecule has 1 unspecified atom stereocenters. The van der Waals surface area contributed by atoms with E-state index in [0.29, 0.717) is 0 Å². The zero-order valence-electron chi connectivity index (χ0n) is 7.71. The Morgan fingerprint density at radius 2 is 2.00 bits per heavy atom. The van der Waals surface area contributed by atoms with Crippen LogP contribution in [0.25, 0.3) is 0 Å². The van der Waals surface area contributed by atoms with Gasteiger partial charge in [0.25, 0.3) is 0 Å². The molecule has 1 saturated carbocycles. The number of likely N-dealkylation sites (N-methyl/N-ethyl adjacent to an activating group) is 1. The molecule has 1 heterocycles. The fourth-order valence-corrected chi connectivity index (χ4v) is 2.49. The third-order valence-electron chi connectivity index (χ3n) is 3.42. The minimum Gasteiger partial charge on any atom is -0.377 e. The minimum absolute atomic E-state index is 0.137. The Morgan fingerprint density at radius 1 is 1.33 bits per heavy atom. The number of hydrogen-bond donors (Lipinski definition) is 2. The second kappa shape index (κ2) is 2.98. The van der Waals surface area contributed by atoms with Gasteiger partial charge in [0, 0.05) is 6.54 Å². The van der Waals surface area contributed by atoms with Gasteiger partial charge in [-0.05, 0) is 19.9 Å². The molecular formula is C9H18N2O. The standard InChI is InChI=1S/C9H18N2O/c1-11-8(12)7-10-9(11)5-3-2-4-6-9/h8,10,12H,2-7H2,1H3. The van der Waals surface area contributed by atoms with Crippen LogP contribution in [0.15, 0.2) is 0 Å². The van der Waals surface area contributed by atoms with Gasteiger partial charge in [0.1, 0.15) is 6.23 Å². The van der Waals surface area contributed by atoms with Crippen LogP contribution in [0.2, 0.25) is 0 Å². The number of aliphatic hydroxyl groups excluding tert-OH is 1. The smallest absolute Gasteiger partial charge is 0.121 e. The summed E-state index contributed by atoms with van der Waals surface area (Å²) in [6, 6.07) is 0. The molecule has 0 amide bonds. The van der Waals surface area contributed by atoms with Crippen LogP contribution in [0.3, 0.4) is 0 Å². The Morgan fingerprint density at radius 3 is 2.50 bits per heavy atom. The third-order valence-corrected chi connectivity index (χ3v) is 3.42. The van der Waals surface area contributed by atoms with E-state index in [0.717, 1.165) is 6.54 Å². The first-order valence-electron chi connectivity index (χ1n) is 4.91. The average molecular weight is 170 g/mol. The number of nitrogens with one attached hydrogen (secondary N) is 1. The molecule has 70 valence electrons. The Bertz CT molecular complexity index is 160. The number of rotatable bonds is 0. The van der Waals surface area contributed by atoms with E-state index in [-0.39, 0.29) is 11.9 Å². The van der Waals surface area contributed by atoms with E-state index in [1.807, 2.05) is 7.05 Å². The van der Waals surface area contributed by atoms with Crippen LogP contribution in [-0.2, 0) is 0 Å². The van der Waals surface area contributed by atoms with Crippen molar-refractivity contribution in [2.75, 3.05) is 13.6 Å². The summed E-state index contributed by atoms with van der Waals surface area (Å²) in [7, 11) is 2.02. The van der Waals surface area contributed by atoms with Crippen LogP contribution in [0.5, 0.6) is 0 Å². The van der Waals surface area contributed by atoms with E-state index in [1.54, 1.807) is 0 Å². The Balaban J connectivity index is 2.09. The molecule has 1 saturated heterocycles. The number of hydrogen-bond acceptors (Lipinski definition) is 3. The van der Waals surface area contributed by atoms with Crippen molar-refractivity contribution in [3.8, 4) is 0 Å². The average Bonchev–Trinajstić information content (AvgIpc) is 2.37. The highest BCUT2D eigenvalue weighted by molar-refractivity contribution is 4.95. The second-order valence-corrected chi connectivity index (χ2v) is 4.06. The van der Waals surface area contributed by atoms with Crippen LogP contribution >= 0.6 is 0 Å². The molecule has 0 radical (unpaired) electrons. The van der Waals surface area contributed by atoms with Crippen molar-refractivity contribution < 1.29 is 5.11 Å². The fourth-order valence-electron chi connectivity index (χ4n) is 2.49. The topological polar surface area (TPSA) is 35.5 Å². The molecule has 3 heteroatoms. The first-order chi connectivity index (χ1) is 5.75. The van der Waals surface area contributed by atoms with Crippen LogP contribution in [0.4, 0.5) is 0 Å². The van der Waals surface area contributed by atoms with Gasteiger partial charge in [-0.25, -0.2) is 0 Å². The molecule has 1 aliphatic heterocycles. The number of nitrogens with zero attached hydrogens (tertiary/aromatic N) is 1. The molecule has 1 atom stereocenters. The van der Waals surface area contributed by atoms with E-state index >= 15 is 0 Å². The van der Waals surface area contributed by atoms with Crippen molar-refractivity contribution in [1.29, 1.82) is 0 Å². The minimum atomic E-state index is -0.275. The van der Waals surface area contributed by atoms with E-state index in [1.165, 1.54) is 32.1 Å². The molecule has 12 heavy (non-hydrogen) atoms. The van der Waals surface area contributed by atoms with Gasteiger partial charge in [-0.3, -0.25) is 10.2 Å². The summed E-state index contributed by atoms with van der Waals surface area (Å²) in [5.74, 6) is 0. The summed E-state index contributed by atoms with van der Waals surface area (Å²) in [6.07, 6.45) is 6.06. The lowest BCUT2D eigenvalue weighted by Gasteiger charge is -2.40. The molecule has 0 aromatic rings. The molecule has 1 spiro atoms. The molecule has 0 aromatic carbocycles. The Hall–Kier alpha value is -0.120. The number of aliphatic hydroxyl groups is 1. The molecule has 2 rings (SSSR count). The summed E-state index contributed by atoms with van der Waals surface area (Å²) in [5.41, 5.74) is 0.137. The van der Waals surface area contributed by atoms with Crippen molar-refractivity contribution in [2.24, 2.45) is 0 Å². The summed E-state index contributed by atoms with van der Waals surface area (Å²) in [4.78, 5) is 2.10. The zero-order chi connectivity index (χ0) is 8.60. The normalized spacial score (nSPS) is 36.0. The van der Waals surface area contributed by atoms with Crippen molar-refractivity contribution in [3.63, 3.8) is 0 Å². The van der Waals surface area contributed by atoms with Gasteiger partial charge >= 0.3 is 0 Å². The first kappa shape index (κ1) is 8.48. The number of β-amino-alcohol motifs (C(OH)–C–C–N with tert-alkyl or cyclic N) is 1. The summed E-state index contributed by atoms with van der Waals surface area (Å²) >= 11 is 0. The van der Waals surface area contributed by atoms with Crippen LogP contribution in [-0.4, -0.2) is 35.5 Å². The SMILES string of the molecule is CN1C(O)CNC12CCCCC2. The molecule has 1 aliphatic carbocycles. The quantitative estimate of drug-likeness (QED) is 0.555. The summed E-state index contributed by atoms with van der Waals surface area (Å²) in [6.45, 7) is 0.733. The van der Waals surface area contributed by atoms with Gasteiger partial charge in [0.15, 0.2) is 0 Å². The van der Waals surface area contributed by atoms with E-state index in [2.05, 4.69) is 10.2 Å². The molecule has 0 bridgehead atoms. The van der Waals surface area contributed by atoms with Crippen molar-refractivity contribution >= 4 is 0 Å². The zero-order valence-corrected chi connectivity index (χ0v) is 7.71. The van der Waals surface area contributed by atoms with Crippen LogP contribution in [0, 0.1) is 0 Å². The van der Waals surface area contributed by atoms with Gasteiger partial charge in [0.05, 0.1) is 5.66 Å². The Kier molecular flexibility index (Phi) is 2.10. The molecule has 0 aromatic heterocycles. The maximum absolute atomic E-state index is 9.58. The Labute approximate surface area is 73.8 Å². The first-order valence-corrected chi connectivity index (χ1v) is 4.91. The maximum atomic E-state index is 9.58. The maximum Gasteiger partial charge on any atom is 0.121 e. The fraction of sp³-hybridized carbons (Fsp3) is 1.00. The van der Waals surface area contributed by atoms with Gasteiger partial charge in [-0.15, -0.1) is 0 Å². The molecule has 3 nitrogen and oxygen atoms in total. The molecule has 2 aliphatic rings. The second-order valence-electron chi connectivity index (χ2n) is 4.06. The molecular weight excluding hydrogens is 152 g/mol.